The zero-order chi connectivity index (χ0) is 25.2. The molecule has 2 aliphatic rings. The van der Waals surface area contributed by atoms with E-state index in [-0.39, 0.29) is 42.8 Å². The molecule has 36 heavy (non-hydrogen) atoms. The maximum absolute atomic E-state index is 15.0. The van der Waals surface area contributed by atoms with Crippen molar-refractivity contribution in [1.29, 1.82) is 0 Å². The number of carbonyl (C=O) groups is 1. The number of ether oxygens (including phenoxy) is 2. The first-order valence-corrected chi connectivity index (χ1v) is 11.7. The van der Waals surface area contributed by atoms with Crippen LogP contribution in [0.3, 0.4) is 0 Å². The molecule has 2 N–H and O–H groups in total. The topological polar surface area (TPSA) is 88.6 Å². The number of fused-ring (bicyclic) bond motifs is 2. The van der Waals surface area contributed by atoms with Gasteiger partial charge in [-0.1, -0.05) is 0 Å². The van der Waals surface area contributed by atoms with Crippen molar-refractivity contribution in [2.45, 2.75) is 31.6 Å². The van der Waals surface area contributed by atoms with Crippen molar-refractivity contribution in [2.75, 3.05) is 38.7 Å². The van der Waals surface area contributed by atoms with Crippen molar-refractivity contribution in [3.8, 4) is 11.5 Å². The van der Waals surface area contributed by atoms with Gasteiger partial charge in [-0.2, -0.15) is 0 Å². The Morgan fingerprint density at radius 2 is 2.14 bits per heavy atom. The SMILES string of the molecule is COc1cc(F)c2ncc(F)c(CCN3CC[C@H](NCc4ccc5c(n4)NC(=O)CO5)[C@H](F)C3)c2c1. The molecule has 0 unspecified atom stereocenters. The fourth-order valence-corrected chi connectivity index (χ4v) is 4.64. The van der Waals surface area contributed by atoms with Gasteiger partial charge in [0.15, 0.2) is 24.0 Å². The highest BCUT2D eigenvalue weighted by molar-refractivity contribution is 5.94. The maximum atomic E-state index is 15.0. The van der Waals surface area contributed by atoms with Gasteiger partial charge >= 0.3 is 0 Å². The summed E-state index contributed by atoms with van der Waals surface area (Å²) in [6, 6.07) is 5.94. The van der Waals surface area contributed by atoms with Crippen LogP contribution in [0.2, 0.25) is 0 Å². The van der Waals surface area contributed by atoms with Crippen molar-refractivity contribution in [1.82, 2.24) is 20.2 Å². The summed E-state index contributed by atoms with van der Waals surface area (Å²) in [7, 11) is 1.42. The third kappa shape index (κ3) is 5.07. The molecule has 2 atom stereocenters. The molecule has 1 saturated heterocycles. The standard InChI is InChI=1S/C25H26F3N5O3/c1-35-15-8-17-16(19(27)11-30-24(17)18(26)9-15)4-6-33-7-5-21(20(28)12-33)29-10-14-2-3-22-25(31-14)32-23(34)13-36-22/h2-3,8-9,11,20-21,29H,4-7,10,12-13H2,1H3,(H,31,32,34)/t20-,21+/m1/s1. The van der Waals surface area contributed by atoms with Gasteiger partial charge in [0, 0.05) is 42.7 Å². The minimum atomic E-state index is -1.13. The Balaban J connectivity index is 1.18. The Hall–Kier alpha value is -3.44. The Bertz CT molecular complexity index is 1290. The van der Waals surface area contributed by atoms with E-state index in [4.69, 9.17) is 9.47 Å². The van der Waals surface area contributed by atoms with Crippen LogP contribution in [0.15, 0.2) is 30.5 Å². The average molecular weight is 502 g/mol. The van der Waals surface area contributed by atoms with Crippen molar-refractivity contribution in [3.63, 3.8) is 0 Å². The second-order valence-corrected chi connectivity index (χ2v) is 8.92. The lowest BCUT2D eigenvalue weighted by atomic mass is 10.0. The number of anilines is 1. The third-order valence-corrected chi connectivity index (χ3v) is 6.57. The molecule has 8 nitrogen and oxygen atoms in total. The third-order valence-electron chi connectivity index (χ3n) is 6.57. The number of nitrogens with zero attached hydrogens (tertiary/aromatic N) is 3. The summed E-state index contributed by atoms with van der Waals surface area (Å²) < 4.78 is 54.4. The summed E-state index contributed by atoms with van der Waals surface area (Å²) in [5.74, 6) is -0.208. The summed E-state index contributed by atoms with van der Waals surface area (Å²) in [4.78, 5) is 21.7. The van der Waals surface area contributed by atoms with Gasteiger partial charge in [-0.05, 0) is 37.6 Å². The van der Waals surface area contributed by atoms with Gasteiger partial charge in [-0.3, -0.25) is 14.7 Å². The number of carbonyl (C=O) groups excluding carboxylic acids is 1. The minimum absolute atomic E-state index is 0.0382. The number of hydrogen-bond acceptors (Lipinski definition) is 7. The van der Waals surface area contributed by atoms with Crippen molar-refractivity contribution in [2.24, 2.45) is 0 Å². The predicted octanol–water partition coefficient (Wildman–Crippen LogP) is 2.99. The van der Waals surface area contributed by atoms with Gasteiger partial charge < -0.3 is 20.1 Å². The molecule has 0 aliphatic carbocycles. The van der Waals surface area contributed by atoms with Crippen LogP contribution in [-0.2, 0) is 17.8 Å². The number of hydrogen-bond donors (Lipinski definition) is 2. The molecule has 0 spiro atoms. The zero-order valence-corrected chi connectivity index (χ0v) is 19.7. The maximum Gasteiger partial charge on any atom is 0.263 e. The Labute approximate surface area is 205 Å². The summed E-state index contributed by atoms with van der Waals surface area (Å²) in [5, 5.41) is 6.23. The highest BCUT2D eigenvalue weighted by Crippen LogP contribution is 2.28. The molecular formula is C25H26F3N5O3. The molecule has 0 saturated carbocycles. The zero-order valence-electron chi connectivity index (χ0n) is 19.7. The van der Waals surface area contributed by atoms with Gasteiger partial charge in [0.05, 0.1) is 19.0 Å². The van der Waals surface area contributed by atoms with Crippen molar-refractivity contribution in [3.05, 3.63) is 53.4 Å². The first kappa shape index (κ1) is 24.3. The van der Waals surface area contributed by atoms with Crippen LogP contribution in [0.4, 0.5) is 19.0 Å². The molecule has 5 rings (SSSR count). The molecular weight excluding hydrogens is 475 g/mol. The number of alkyl halides is 1. The Morgan fingerprint density at radius 1 is 1.28 bits per heavy atom. The first-order valence-electron chi connectivity index (χ1n) is 11.7. The smallest absolute Gasteiger partial charge is 0.263 e. The molecule has 2 aromatic heterocycles. The number of nitrogens with one attached hydrogen (secondary N) is 2. The highest BCUT2D eigenvalue weighted by atomic mass is 19.1. The second kappa shape index (κ2) is 10.3. The normalized spacial score (nSPS) is 20.1. The summed E-state index contributed by atoms with van der Waals surface area (Å²) >= 11 is 0. The number of methoxy groups -OCH3 is 1. The van der Waals surface area contributed by atoms with Crippen LogP contribution in [0, 0.1) is 11.6 Å². The minimum Gasteiger partial charge on any atom is -0.497 e. The monoisotopic (exact) mass is 501 g/mol. The summed E-state index contributed by atoms with van der Waals surface area (Å²) in [5.41, 5.74) is 1.08. The number of likely N-dealkylation sites (tertiary alicyclic amines) is 1. The lowest BCUT2D eigenvalue weighted by molar-refractivity contribution is -0.118. The van der Waals surface area contributed by atoms with Gasteiger partial charge in [0.25, 0.3) is 5.91 Å². The molecule has 3 aromatic rings. The predicted molar refractivity (Wildman–Crippen MR) is 127 cm³/mol. The number of benzene rings is 1. The largest absolute Gasteiger partial charge is 0.497 e. The van der Waals surface area contributed by atoms with Gasteiger partial charge in [-0.25, -0.2) is 18.2 Å². The molecule has 11 heteroatoms. The number of piperidine rings is 1. The van der Waals surface area contributed by atoms with E-state index < -0.39 is 17.8 Å². The lowest BCUT2D eigenvalue weighted by Crippen LogP contribution is -2.51. The van der Waals surface area contributed by atoms with E-state index in [0.29, 0.717) is 54.3 Å². The van der Waals surface area contributed by atoms with E-state index in [2.05, 4.69) is 20.6 Å². The fourth-order valence-electron chi connectivity index (χ4n) is 4.64. The Kier molecular flexibility index (Phi) is 6.92. The van der Waals surface area contributed by atoms with E-state index in [0.717, 1.165) is 6.20 Å². The number of aromatic nitrogens is 2. The van der Waals surface area contributed by atoms with E-state index in [9.17, 15) is 18.0 Å². The van der Waals surface area contributed by atoms with E-state index in [1.165, 1.54) is 13.2 Å². The molecule has 0 bridgehead atoms. The average Bonchev–Trinajstić information content (AvgIpc) is 2.87. The number of halogens is 3. The van der Waals surface area contributed by atoms with E-state index in [1.54, 1.807) is 18.2 Å². The van der Waals surface area contributed by atoms with Crippen LogP contribution < -0.4 is 20.1 Å². The molecule has 0 radical (unpaired) electrons. The van der Waals surface area contributed by atoms with Crippen molar-refractivity contribution >= 4 is 22.6 Å². The van der Waals surface area contributed by atoms with Crippen LogP contribution in [0.1, 0.15) is 17.7 Å². The summed E-state index contributed by atoms with van der Waals surface area (Å²) in [6.07, 6.45) is 0.743. The van der Waals surface area contributed by atoms with Gasteiger partial charge in [0.2, 0.25) is 0 Å². The van der Waals surface area contributed by atoms with Crippen LogP contribution in [-0.4, -0.2) is 66.3 Å². The van der Waals surface area contributed by atoms with Crippen molar-refractivity contribution < 1.29 is 27.4 Å². The molecule has 1 amide bonds. The number of pyridine rings is 2. The summed E-state index contributed by atoms with van der Waals surface area (Å²) in [6.45, 7) is 1.55. The highest BCUT2D eigenvalue weighted by Gasteiger charge is 2.29. The molecule has 1 aromatic carbocycles. The van der Waals surface area contributed by atoms with Crippen LogP contribution in [0.25, 0.3) is 10.9 Å². The first-order chi connectivity index (χ1) is 17.4. The van der Waals surface area contributed by atoms with E-state index in [1.807, 2.05) is 4.90 Å². The lowest BCUT2D eigenvalue weighted by Gasteiger charge is -2.35. The van der Waals surface area contributed by atoms with Gasteiger partial charge in [-0.15, -0.1) is 0 Å². The van der Waals surface area contributed by atoms with E-state index >= 15 is 0 Å². The molecule has 2 aliphatic heterocycles. The van der Waals surface area contributed by atoms with Crippen LogP contribution in [0.5, 0.6) is 11.5 Å². The Morgan fingerprint density at radius 3 is 2.94 bits per heavy atom. The number of amides is 1. The molecule has 1 fully saturated rings. The van der Waals surface area contributed by atoms with Gasteiger partial charge in [0.1, 0.15) is 23.3 Å². The fraction of sp³-hybridized carbons (Fsp3) is 0.400. The number of rotatable bonds is 7. The molecule has 190 valence electrons. The van der Waals surface area contributed by atoms with Crippen LogP contribution >= 0.6 is 0 Å². The second-order valence-electron chi connectivity index (χ2n) is 8.92. The molecule has 4 heterocycles. The quantitative estimate of drug-likeness (QED) is 0.515.